The average Bonchev–Trinajstić information content (AvgIpc) is 3.23. The van der Waals surface area contributed by atoms with Gasteiger partial charge in [0.25, 0.3) is 0 Å². The van der Waals surface area contributed by atoms with Gasteiger partial charge in [-0.2, -0.15) is 5.10 Å². The molecule has 0 saturated heterocycles. The highest BCUT2D eigenvalue weighted by atomic mass is 19.1. The van der Waals surface area contributed by atoms with Crippen molar-refractivity contribution in [3.63, 3.8) is 0 Å². The fraction of sp³-hybridized carbons (Fsp3) is 0.208. The number of benzene rings is 2. The molecule has 0 aliphatic rings. The van der Waals surface area contributed by atoms with Crippen molar-refractivity contribution in [3.8, 4) is 11.5 Å². The molecular formula is C24H23FN4O2. The Morgan fingerprint density at radius 1 is 1.03 bits per heavy atom. The van der Waals surface area contributed by atoms with Crippen molar-refractivity contribution < 1.29 is 13.9 Å². The van der Waals surface area contributed by atoms with Gasteiger partial charge in [-0.3, -0.25) is 4.79 Å². The zero-order valence-electron chi connectivity index (χ0n) is 17.4. The van der Waals surface area contributed by atoms with Crippen LogP contribution in [0.3, 0.4) is 0 Å². The number of ether oxygens (including phenoxy) is 1. The van der Waals surface area contributed by atoms with E-state index >= 15 is 0 Å². The Kier molecular flexibility index (Phi) is 5.93. The van der Waals surface area contributed by atoms with E-state index in [2.05, 4.69) is 15.4 Å². The van der Waals surface area contributed by atoms with Crippen LogP contribution in [0.25, 0.3) is 5.65 Å². The normalized spacial score (nSPS) is 10.9. The van der Waals surface area contributed by atoms with Gasteiger partial charge in [0, 0.05) is 30.4 Å². The van der Waals surface area contributed by atoms with Gasteiger partial charge in [-0.15, -0.1) is 0 Å². The monoisotopic (exact) mass is 418 g/mol. The van der Waals surface area contributed by atoms with Gasteiger partial charge in [0.05, 0.1) is 6.20 Å². The molecule has 0 radical (unpaired) electrons. The van der Waals surface area contributed by atoms with Gasteiger partial charge in [-0.25, -0.2) is 13.9 Å². The lowest BCUT2D eigenvalue weighted by atomic mass is 10.1. The van der Waals surface area contributed by atoms with Gasteiger partial charge in [0.15, 0.2) is 5.65 Å². The first kappa shape index (κ1) is 20.5. The predicted octanol–water partition coefficient (Wildman–Crippen LogP) is 4.53. The molecule has 2 heterocycles. The van der Waals surface area contributed by atoms with Crippen LogP contribution in [0.5, 0.6) is 11.5 Å². The topological polar surface area (TPSA) is 68.5 Å². The predicted molar refractivity (Wildman–Crippen MR) is 116 cm³/mol. The summed E-state index contributed by atoms with van der Waals surface area (Å²) in [6.45, 7) is 4.39. The average molecular weight is 418 g/mol. The van der Waals surface area contributed by atoms with Crippen molar-refractivity contribution in [1.29, 1.82) is 0 Å². The van der Waals surface area contributed by atoms with E-state index in [0.717, 1.165) is 28.2 Å². The molecular weight excluding hydrogens is 395 g/mol. The van der Waals surface area contributed by atoms with Gasteiger partial charge >= 0.3 is 0 Å². The maximum absolute atomic E-state index is 13.0. The Bertz CT molecular complexity index is 1200. The molecule has 0 unspecified atom stereocenters. The summed E-state index contributed by atoms with van der Waals surface area (Å²) in [5, 5.41) is 7.24. The quantitative estimate of drug-likeness (QED) is 0.479. The first-order valence-corrected chi connectivity index (χ1v) is 10.1. The Morgan fingerprint density at radius 2 is 1.71 bits per heavy atom. The van der Waals surface area contributed by atoms with Crippen molar-refractivity contribution >= 4 is 11.6 Å². The molecule has 4 aromatic rings. The minimum absolute atomic E-state index is 0.0222. The number of rotatable bonds is 7. The van der Waals surface area contributed by atoms with Gasteiger partial charge in [-0.05, 0) is 67.8 Å². The molecule has 0 fully saturated rings. The van der Waals surface area contributed by atoms with Crippen LogP contribution in [-0.2, 0) is 17.8 Å². The largest absolute Gasteiger partial charge is 0.457 e. The van der Waals surface area contributed by atoms with Crippen LogP contribution in [0.4, 0.5) is 4.39 Å². The van der Waals surface area contributed by atoms with E-state index in [0.29, 0.717) is 30.9 Å². The van der Waals surface area contributed by atoms with Crippen LogP contribution in [0.2, 0.25) is 0 Å². The van der Waals surface area contributed by atoms with Crippen molar-refractivity contribution in [3.05, 3.63) is 89.1 Å². The Morgan fingerprint density at radius 3 is 2.42 bits per heavy atom. The van der Waals surface area contributed by atoms with E-state index in [4.69, 9.17) is 4.74 Å². The molecule has 1 N–H and O–H groups in total. The molecule has 7 heteroatoms. The number of hydrogen-bond donors (Lipinski definition) is 1. The number of nitrogens with one attached hydrogen (secondary N) is 1. The molecule has 158 valence electrons. The Hall–Kier alpha value is -3.74. The lowest BCUT2D eigenvalue weighted by molar-refractivity contribution is -0.121. The third-order valence-electron chi connectivity index (χ3n) is 5.16. The zero-order chi connectivity index (χ0) is 21.8. The summed E-state index contributed by atoms with van der Waals surface area (Å²) in [4.78, 5) is 16.9. The summed E-state index contributed by atoms with van der Waals surface area (Å²) in [5.41, 5.74) is 4.77. The minimum atomic E-state index is -0.304. The molecule has 2 aromatic heterocycles. The number of carbonyl (C=O) groups excluding carboxylic acids is 1. The number of hydrogen-bond acceptors (Lipinski definition) is 4. The molecule has 0 aliphatic carbocycles. The lowest BCUT2D eigenvalue weighted by Gasteiger charge is -2.11. The molecule has 2 aromatic carbocycles. The fourth-order valence-corrected chi connectivity index (χ4v) is 3.47. The molecule has 4 rings (SSSR count). The third kappa shape index (κ3) is 4.88. The van der Waals surface area contributed by atoms with Crippen LogP contribution < -0.4 is 10.1 Å². The van der Waals surface area contributed by atoms with E-state index in [1.807, 2.05) is 44.2 Å². The maximum atomic E-state index is 13.0. The van der Waals surface area contributed by atoms with E-state index in [9.17, 15) is 9.18 Å². The van der Waals surface area contributed by atoms with E-state index in [-0.39, 0.29) is 11.7 Å². The van der Waals surface area contributed by atoms with Gasteiger partial charge in [-0.1, -0.05) is 12.1 Å². The second-order valence-corrected chi connectivity index (χ2v) is 7.34. The highest BCUT2D eigenvalue weighted by molar-refractivity contribution is 5.76. The molecule has 6 nitrogen and oxygen atoms in total. The van der Waals surface area contributed by atoms with Crippen LogP contribution in [0, 0.1) is 19.7 Å². The van der Waals surface area contributed by atoms with Crippen LogP contribution in [0.15, 0.2) is 60.8 Å². The maximum Gasteiger partial charge on any atom is 0.220 e. The van der Waals surface area contributed by atoms with Crippen LogP contribution in [0.1, 0.15) is 28.9 Å². The molecule has 0 bridgehead atoms. The minimum Gasteiger partial charge on any atom is -0.457 e. The first-order chi connectivity index (χ1) is 15.0. The standard InChI is InChI=1S/C24H23FN4O2/c1-16-22(17(2)29-23(28-16)13-14-27-29)11-12-24(30)26-15-18-3-7-20(8-4-18)31-21-9-5-19(25)6-10-21/h3-10,13-14H,11-12,15H2,1-2H3,(H,26,30). The first-order valence-electron chi connectivity index (χ1n) is 10.1. The number of halogens is 1. The Labute approximate surface area is 179 Å². The smallest absolute Gasteiger partial charge is 0.220 e. The van der Waals surface area contributed by atoms with E-state index in [1.165, 1.54) is 12.1 Å². The second-order valence-electron chi connectivity index (χ2n) is 7.34. The Balaban J connectivity index is 1.29. The number of fused-ring (bicyclic) bond motifs is 1. The second kappa shape index (κ2) is 8.95. The summed E-state index contributed by atoms with van der Waals surface area (Å²) >= 11 is 0. The summed E-state index contributed by atoms with van der Waals surface area (Å²) in [5.74, 6) is 0.887. The lowest BCUT2D eigenvalue weighted by Crippen LogP contribution is -2.23. The zero-order valence-corrected chi connectivity index (χ0v) is 17.4. The summed E-state index contributed by atoms with van der Waals surface area (Å²) in [7, 11) is 0. The van der Waals surface area contributed by atoms with Crippen molar-refractivity contribution in [2.75, 3.05) is 0 Å². The van der Waals surface area contributed by atoms with Crippen molar-refractivity contribution in [2.24, 2.45) is 0 Å². The SMILES string of the molecule is Cc1nc2ccnn2c(C)c1CCC(=O)NCc1ccc(Oc2ccc(F)cc2)cc1. The third-order valence-corrected chi connectivity index (χ3v) is 5.16. The van der Waals surface area contributed by atoms with Gasteiger partial charge < -0.3 is 10.1 Å². The molecule has 0 spiro atoms. The van der Waals surface area contributed by atoms with Gasteiger partial charge in [0.1, 0.15) is 17.3 Å². The number of aryl methyl sites for hydroxylation is 2. The molecule has 0 aliphatic heterocycles. The van der Waals surface area contributed by atoms with E-state index < -0.39 is 0 Å². The fourth-order valence-electron chi connectivity index (χ4n) is 3.47. The molecule has 0 atom stereocenters. The summed E-state index contributed by atoms with van der Waals surface area (Å²) < 4.78 is 20.5. The summed E-state index contributed by atoms with van der Waals surface area (Å²) in [6, 6.07) is 15.2. The molecule has 31 heavy (non-hydrogen) atoms. The number of amides is 1. The van der Waals surface area contributed by atoms with Crippen LogP contribution in [-0.4, -0.2) is 20.5 Å². The number of carbonyl (C=O) groups is 1. The van der Waals surface area contributed by atoms with Crippen molar-refractivity contribution in [2.45, 2.75) is 33.2 Å². The van der Waals surface area contributed by atoms with E-state index in [1.54, 1.807) is 22.8 Å². The highest BCUT2D eigenvalue weighted by Gasteiger charge is 2.12. The van der Waals surface area contributed by atoms with Crippen molar-refractivity contribution in [1.82, 2.24) is 19.9 Å². The van der Waals surface area contributed by atoms with Gasteiger partial charge in [0.2, 0.25) is 5.91 Å². The molecule has 1 amide bonds. The highest BCUT2D eigenvalue weighted by Crippen LogP contribution is 2.22. The van der Waals surface area contributed by atoms with Crippen LogP contribution >= 0.6 is 0 Å². The number of aromatic nitrogens is 3. The molecule has 0 saturated carbocycles. The summed E-state index contributed by atoms with van der Waals surface area (Å²) in [6.07, 6.45) is 2.71. The number of nitrogens with zero attached hydrogens (tertiary/aromatic N) is 3.